The van der Waals surface area contributed by atoms with E-state index in [0.29, 0.717) is 30.1 Å². The number of aromatic nitrogens is 4. The number of nitrogens with zero attached hydrogens (tertiary/aromatic N) is 5. The molecule has 2 aromatic heterocycles. The SMILES string of the molecule is CCCCCN(C(=O)OC(C)(C)C)c1nc(NC2CCCCC2)c2ncn(CC(=O)OCC)c2n1. The molecule has 3 rings (SSSR count). The van der Waals surface area contributed by atoms with Gasteiger partial charge >= 0.3 is 12.1 Å². The van der Waals surface area contributed by atoms with Gasteiger partial charge in [-0.1, -0.05) is 39.0 Å². The van der Waals surface area contributed by atoms with Crippen molar-refractivity contribution in [3.05, 3.63) is 6.33 Å². The van der Waals surface area contributed by atoms with Crippen LogP contribution in [-0.4, -0.2) is 56.4 Å². The predicted octanol–water partition coefficient (Wildman–Crippen LogP) is 5.07. The van der Waals surface area contributed by atoms with E-state index in [1.165, 1.54) is 11.3 Å². The van der Waals surface area contributed by atoms with Gasteiger partial charge in [-0.05, 0) is 47.0 Å². The molecule has 1 aliphatic rings. The van der Waals surface area contributed by atoms with Gasteiger partial charge in [0.1, 0.15) is 12.1 Å². The van der Waals surface area contributed by atoms with Gasteiger partial charge in [0.25, 0.3) is 0 Å². The summed E-state index contributed by atoms with van der Waals surface area (Å²) in [4.78, 5) is 40.9. The van der Waals surface area contributed by atoms with Crippen LogP contribution < -0.4 is 10.2 Å². The van der Waals surface area contributed by atoms with Gasteiger partial charge in [-0.25, -0.2) is 14.7 Å². The van der Waals surface area contributed by atoms with Crippen LogP contribution in [-0.2, 0) is 20.8 Å². The Morgan fingerprint density at radius 3 is 2.54 bits per heavy atom. The maximum Gasteiger partial charge on any atom is 0.417 e. The number of nitrogens with one attached hydrogen (secondary N) is 1. The van der Waals surface area contributed by atoms with Crippen LogP contribution in [0, 0.1) is 0 Å². The maximum absolute atomic E-state index is 13.2. The third-order valence-corrected chi connectivity index (χ3v) is 5.84. The Kier molecular flexibility index (Phi) is 9.28. The molecule has 1 amide bonds. The summed E-state index contributed by atoms with van der Waals surface area (Å²) >= 11 is 0. The third-order valence-electron chi connectivity index (χ3n) is 5.84. The Bertz CT molecular complexity index is 994. The van der Waals surface area contributed by atoms with Crippen molar-refractivity contribution < 1.29 is 19.1 Å². The summed E-state index contributed by atoms with van der Waals surface area (Å²) in [6.45, 7) is 10.1. The molecule has 0 unspecified atom stereocenters. The number of hydrogen-bond donors (Lipinski definition) is 1. The zero-order chi connectivity index (χ0) is 25.4. The number of rotatable bonds is 10. The zero-order valence-electron chi connectivity index (χ0n) is 21.8. The topological polar surface area (TPSA) is 111 Å². The maximum atomic E-state index is 13.2. The molecule has 10 nitrogen and oxygen atoms in total. The van der Waals surface area contributed by atoms with Crippen molar-refractivity contribution in [1.82, 2.24) is 19.5 Å². The Labute approximate surface area is 207 Å². The normalized spacial score (nSPS) is 14.7. The van der Waals surface area contributed by atoms with Crippen LogP contribution in [0.25, 0.3) is 11.2 Å². The third kappa shape index (κ3) is 7.53. The van der Waals surface area contributed by atoms with Crippen molar-refractivity contribution in [2.24, 2.45) is 0 Å². The first-order chi connectivity index (χ1) is 16.7. The van der Waals surface area contributed by atoms with E-state index < -0.39 is 11.7 Å². The standard InChI is InChI=1S/C25H40N6O4/c1-6-8-12-15-31(24(33)35-25(3,4)5)23-28-21(27-18-13-10-9-11-14-18)20-22(29-23)30(17-26-20)16-19(32)34-7-2/h17-18H,6-16H2,1-5H3,(H,27,28,29). The van der Waals surface area contributed by atoms with Gasteiger partial charge in [-0.3, -0.25) is 4.79 Å². The molecule has 10 heteroatoms. The Hall–Kier alpha value is -2.91. The lowest BCUT2D eigenvalue weighted by molar-refractivity contribution is -0.143. The fraction of sp³-hybridized carbons (Fsp3) is 0.720. The van der Waals surface area contributed by atoms with Gasteiger partial charge in [0, 0.05) is 12.6 Å². The summed E-state index contributed by atoms with van der Waals surface area (Å²) in [6.07, 6.45) is 9.53. The van der Waals surface area contributed by atoms with E-state index in [1.54, 1.807) is 17.8 Å². The van der Waals surface area contributed by atoms with Crippen LogP contribution in [0.2, 0.25) is 0 Å². The first kappa shape index (κ1) is 26.7. The number of ether oxygens (including phenoxy) is 2. The van der Waals surface area contributed by atoms with Gasteiger partial charge < -0.3 is 19.4 Å². The second-order valence-corrected chi connectivity index (χ2v) is 10.0. The van der Waals surface area contributed by atoms with Gasteiger partial charge in [-0.15, -0.1) is 0 Å². The van der Waals surface area contributed by atoms with Gasteiger partial charge in [0.2, 0.25) is 5.95 Å². The van der Waals surface area contributed by atoms with E-state index in [2.05, 4.69) is 17.2 Å². The summed E-state index contributed by atoms with van der Waals surface area (Å²) in [5, 5.41) is 3.54. The molecule has 1 aliphatic carbocycles. The molecular weight excluding hydrogens is 448 g/mol. The molecule has 2 aromatic rings. The lowest BCUT2D eigenvalue weighted by atomic mass is 9.95. The van der Waals surface area contributed by atoms with E-state index in [1.807, 2.05) is 20.8 Å². The first-order valence-corrected chi connectivity index (χ1v) is 12.9. The zero-order valence-corrected chi connectivity index (χ0v) is 21.8. The molecule has 35 heavy (non-hydrogen) atoms. The smallest absolute Gasteiger partial charge is 0.417 e. The number of fused-ring (bicyclic) bond motifs is 1. The lowest BCUT2D eigenvalue weighted by Crippen LogP contribution is -2.38. The van der Waals surface area contributed by atoms with Crippen molar-refractivity contribution >= 4 is 35.0 Å². The Balaban J connectivity index is 2.03. The predicted molar refractivity (Wildman–Crippen MR) is 136 cm³/mol. The van der Waals surface area contributed by atoms with Crippen molar-refractivity contribution in [3.8, 4) is 0 Å². The number of esters is 1. The monoisotopic (exact) mass is 488 g/mol. The largest absolute Gasteiger partial charge is 0.465 e. The number of unbranched alkanes of at least 4 members (excludes halogenated alkanes) is 2. The minimum Gasteiger partial charge on any atom is -0.465 e. The number of hydrogen-bond acceptors (Lipinski definition) is 8. The average molecular weight is 489 g/mol. The summed E-state index contributed by atoms with van der Waals surface area (Å²) in [5.41, 5.74) is 0.394. The molecule has 0 bridgehead atoms. The van der Waals surface area contributed by atoms with Gasteiger partial charge in [0.15, 0.2) is 17.0 Å². The fourth-order valence-corrected chi connectivity index (χ4v) is 4.17. The highest BCUT2D eigenvalue weighted by Crippen LogP contribution is 2.28. The highest BCUT2D eigenvalue weighted by atomic mass is 16.6. The average Bonchev–Trinajstić information content (AvgIpc) is 3.19. The van der Waals surface area contributed by atoms with E-state index >= 15 is 0 Å². The van der Waals surface area contributed by atoms with Crippen molar-refractivity contribution in [1.29, 1.82) is 0 Å². The van der Waals surface area contributed by atoms with Crippen LogP contribution in [0.4, 0.5) is 16.6 Å². The molecule has 0 aliphatic heterocycles. The van der Waals surface area contributed by atoms with E-state index in [0.717, 1.165) is 44.9 Å². The molecule has 0 radical (unpaired) electrons. The summed E-state index contributed by atoms with van der Waals surface area (Å²) in [7, 11) is 0. The van der Waals surface area contributed by atoms with Crippen LogP contribution >= 0.6 is 0 Å². The second-order valence-electron chi connectivity index (χ2n) is 10.0. The minimum absolute atomic E-state index is 0.0219. The minimum atomic E-state index is -0.654. The van der Waals surface area contributed by atoms with Crippen molar-refractivity contribution in [2.75, 3.05) is 23.4 Å². The summed E-state index contributed by atoms with van der Waals surface area (Å²) in [5.74, 6) is 0.441. The molecule has 0 saturated heterocycles. The van der Waals surface area contributed by atoms with Crippen molar-refractivity contribution in [3.63, 3.8) is 0 Å². The van der Waals surface area contributed by atoms with Crippen molar-refractivity contribution in [2.45, 2.75) is 104 Å². The molecule has 0 atom stereocenters. The van der Waals surface area contributed by atoms with Crippen LogP contribution in [0.5, 0.6) is 0 Å². The Morgan fingerprint density at radius 2 is 1.89 bits per heavy atom. The summed E-state index contributed by atoms with van der Waals surface area (Å²) in [6, 6.07) is 0.278. The van der Waals surface area contributed by atoms with E-state index in [4.69, 9.17) is 19.4 Å². The van der Waals surface area contributed by atoms with Gasteiger partial charge in [0.05, 0.1) is 12.9 Å². The molecule has 2 heterocycles. The number of anilines is 2. The molecule has 194 valence electrons. The molecule has 0 spiro atoms. The van der Waals surface area contributed by atoms with E-state index in [9.17, 15) is 9.59 Å². The molecule has 1 N–H and O–H groups in total. The lowest BCUT2D eigenvalue weighted by Gasteiger charge is -2.27. The van der Waals surface area contributed by atoms with Gasteiger partial charge in [-0.2, -0.15) is 9.97 Å². The van der Waals surface area contributed by atoms with E-state index in [-0.39, 0.29) is 24.5 Å². The molecule has 1 saturated carbocycles. The summed E-state index contributed by atoms with van der Waals surface area (Å²) < 4.78 is 12.4. The molecular formula is C25H40N6O4. The van der Waals surface area contributed by atoms with Crippen LogP contribution in [0.15, 0.2) is 6.33 Å². The highest BCUT2D eigenvalue weighted by Gasteiger charge is 2.28. The first-order valence-electron chi connectivity index (χ1n) is 12.9. The second kappa shape index (κ2) is 12.2. The fourth-order valence-electron chi connectivity index (χ4n) is 4.17. The van der Waals surface area contributed by atoms with Crippen LogP contribution in [0.3, 0.4) is 0 Å². The number of carbonyl (C=O) groups excluding carboxylic acids is 2. The quantitative estimate of drug-likeness (QED) is 0.365. The number of amides is 1. The molecule has 0 aromatic carbocycles. The Morgan fingerprint density at radius 1 is 1.14 bits per heavy atom. The highest BCUT2D eigenvalue weighted by molar-refractivity contribution is 5.90. The molecule has 1 fully saturated rings. The number of imidazole rings is 1. The van der Waals surface area contributed by atoms with Crippen LogP contribution in [0.1, 0.15) is 86.0 Å². The number of carbonyl (C=O) groups is 2.